The van der Waals surface area contributed by atoms with Crippen LogP contribution in [0.15, 0.2) is 24.5 Å². The molecular formula is C11H15N5O3. The van der Waals surface area contributed by atoms with E-state index in [9.17, 15) is 15.2 Å². The van der Waals surface area contributed by atoms with Crippen molar-refractivity contribution in [2.75, 3.05) is 6.61 Å². The van der Waals surface area contributed by atoms with Gasteiger partial charge in [-0.3, -0.25) is 0 Å². The minimum atomic E-state index is -0.438. The predicted octanol–water partition coefficient (Wildman–Crippen LogP) is 0.979. The van der Waals surface area contributed by atoms with Crippen molar-refractivity contribution >= 4 is 5.82 Å². The van der Waals surface area contributed by atoms with Crippen LogP contribution in [0.5, 0.6) is 0 Å². The van der Waals surface area contributed by atoms with Crippen molar-refractivity contribution < 1.29 is 10.0 Å². The zero-order chi connectivity index (χ0) is 13.8. The van der Waals surface area contributed by atoms with Gasteiger partial charge in [0.15, 0.2) is 0 Å². The van der Waals surface area contributed by atoms with E-state index < -0.39 is 4.92 Å². The molecular weight excluding hydrogens is 250 g/mol. The number of hydrogen-bond donors (Lipinski definition) is 1. The van der Waals surface area contributed by atoms with Crippen LogP contribution in [0.3, 0.4) is 0 Å². The van der Waals surface area contributed by atoms with Crippen LogP contribution in [0.2, 0.25) is 0 Å². The number of hydrogen-bond acceptors (Lipinski definition) is 5. The molecule has 1 atom stereocenters. The molecule has 0 saturated heterocycles. The Morgan fingerprint density at radius 3 is 3.00 bits per heavy atom. The van der Waals surface area contributed by atoms with Crippen molar-refractivity contribution in [1.29, 1.82) is 0 Å². The molecule has 0 fully saturated rings. The van der Waals surface area contributed by atoms with Gasteiger partial charge in [-0.15, -0.1) is 5.10 Å². The summed E-state index contributed by atoms with van der Waals surface area (Å²) in [5.41, 5.74) is 0.617. The normalized spacial score (nSPS) is 12.5. The molecule has 0 spiro atoms. The lowest BCUT2D eigenvalue weighted by Crippen LogP contribution is -2.12. The number of nitro groups is 1. The minimum Gasteiger partial charge on any atom is -0.394 e. The minimum absolute atomic E-state index is 0.0109. The Bertz CT molecular complexity index is 558. The van der Waals surface area contributed by atoms with Gasteiger partial charge in [0.25, 0.3) is 0 Å². The molecule has 2 aromatic rings. The fourth-order valence-electron chi connectivity index (χ4n) is 1.84. The van der Waals surface area contributed by atoms with E-state index in [4.69, 9.17) is 0 Å². The van der Waals surface area contributed by atoms with Crippen LogP contribution in [0.4, 0.5) is 5.82 Å². The second kappa shape index (κ2) is 5.61. The molecule has 2 heterocycles. The quantitative estimate of drug-likeness (QED) is 0.620. The first kappa shape index (κ1) is 13.2. The van der Waals surface area contributed by atoms with Gasteiger partial charge in [0.1, 0.15) is 12.2 Å². The fraction of sp³-hybridized carbons (Fsp3) is 0.455. The zero-order valence-electron chi connectivity index (χ0n) is 10.5. The summed E-state index contributed by atoms with van der Waals surface area (Å²) < 4.78 is 3.08. The summed E-state index contributed by atoms with van der Waals surface area (Å²) in [5, 5.41) is 27.9. The Morgan fingerprint density at radius 2 is 2.37 bits per heavy atom. The Morgan fingerprint density at radius 1 is 1.58 bits per heavy atom. The highest BCUT2D eigenvalue weighted by Gasteiger charge is 2.15. The van der Waals surface area contributed by atoms with Gasteiger partial charge in [-0.2, -0.15) is 0 Å². The number of rotatable bonds is 6. The van der Waals surface area contributed by atoms with Gasteiger partial charge in [0, 0.05) is 6.07 Å². The van der Waals surface area contributed by atoms with Crippen molar-refractivity contribution in [2.45, 2.75) is 25.9 Å². The SMILES string of the molecule is CCC(CO)n1cc(Cn2cccc2[N+](=O)[O-])nn1. The van der Waals surface area contributed by atoms with Crippen LogP contribution < -0.4 is 0 Å². The first-order valence-electron chi connectivity index (χ1n) is 5.96. The average Bonchev–Trinajstić information content (AvgIpc) is 3.01. The maximum atomic E-state index is 10.8. The highest BCUT2D eigenvalue weighted by molar-refractivity contribution is 5.22. The molecule has 0 bridgehead atoms. The Hall–Kier alpha value is -2.22. The summed E-state index contributed by atoms with van der Waals surface area (Å²) in [7, 11) is 0. The Balaban J connectivity index is 2.16. The standard InChI is InChI=1S/C11H15N5O3/c1-2-10(8-17)15-7-9(12-13-15)6-14-5-3-4-11(14)16(18)19/h3-5,7,10,17H,2,6,8H2,1H3. The van der Waals surface area contributed by atoms with E-state index in [1.807, 2.05) is 6.92 Å². The van der Waals surface area contributed by atoms with Crippen molar-refractivity contribution in [3.8, 4) is 0 Å². The molecule has 0 aliphatic rings. The van der Waals surface area contributed by atoms with Crippen LogP contribution in [0.1, 0.15) is 25.1 Å². The van der Waals surface area contributed by atoms with Crippen molar-refractivity contribution in [1.82, 2.24) is 19.6 Å². The van der Waals surface area contributed by atoms with Gasteiger partial charge in [-0.05, 0) is 17.4 Å². The fourth-order valence-corrected chi connectivity index (χ4v) is 1.84. The van der Waals surface area contributed by atoms with Crippen molar-refractivity contribution in [3.63, 3.8) is 0 Å². The smallest absolute Gasteiger partial charge is 0.323 e. The molecule has 19 heavy (non-hydrogen) atoms. The maximum Gasteiger partial charge on any atom is 0.323 e. The van der Waals surface area contributed by atoms with Crippen molar-refractivity contribution in [3.05, 3.63) is 40.3 Å². The molecule has 1 unspecified atom stereocenters. The highest BCUT2D eigenvalue weighted by atomic mass is 16.6. The van der Waals surface area contributed by atoms with Crippen molar-refractivity contribution in [2.24, 2.45) is 0 Å². The Kier molecular flexibility index (Phi) is 3.91. The third-order valence-corrected chi connectivity index (χ3v) is 2.94. The molecule has 0 saturated carbocycles. The number of aromatic nitrogens is 4. The molecule has 2 rings (SSSR count). The first-order valence-corrected chi connectivity index (χ1v) is 5.96. The second-order valence-corrected chi connectivity index (χ2v) is 4.19. The summed E-state index contributed by atoms with van der Waals surface area (Å²) in [5.74, 6) is 0.0174. The summed E-state index contributed by atoms with van der Waals surface area (Å²) in [6.45, 7) is 2.22. The third-order valence-electron chi connectivity index (χ3n) is 2.94. The monoisotopic (exact) mass is 265 g/mol. The van der Waals surface area contributed by atoms with Gasteiger partial charge < -0.3 is 15.2 Å². The van der Waals surface area contributed by atoms with E-state index in [0.717, 1.165) is 6.42 Å². The summed E-state index contributed by atoms with van der Waals surface area (Å²) in [4.78, 5) is 10.4. The maximum absolute atomic E-state index is 10.8. The molecule has 1 N–H and O–H groups in total. The van der Waals surface area contributed by atoms with Crippen LogP contribution in [-0.2, 0) is 6.54 Å². The van der Waals surface area contributed by atoms with Crippen LogP contribution in [0.25, 0.3) is 0 Å². The van der Waals surface area contributed by atoms with Crippen LogP contribution >= 0.6 is 0 Å². The highest BCUT2D eigenvalue weighted by Crippen LogP contribution is 2.15. The van der Waals surface area contributed by atoms with E-state index >= 15 is 0 Å². The molecule has 0 aliphatic heterocycles. The topological polar surface area (TPSA) is 99.0 Å². The number of aliphatic hydroxyl groups is 1. The largest absolute Gasteiger partial charge is 0.394 e. The first-order chi connectivity index (χ1) is 9.15. The van der Waals surface area contributed by atoms with Crippen LogP contribution in [0, 0.1) is 10.1 Å². The number of aliphatic hydroxyl groups excluding tert-OH is 1. The van der Waals surface area contributed by atoms with Gasteiger partial charge in [-0.25, -0.2) is 9.25 Å². The summed E-state index contributed by atoms with van der Waals surface area (Å²) in [6, 6.07) is 2.94. The molecule has 0 amide bonds. The predicted molar refractivity (Wildman–Crippen MR) is 66.6 cm³/mol. The van der Waals surface area contributed by atoms with Gasteiger partial charge in [-0.1, -0.05) is 12.1 Å². The second-order valence-electron chi connectivity index (χ2n) is 4.19. The molecule has 8 nitrogen and oxygen atoms in total. The average molecular weight is 265 g/mol. The van der Waals surface area contributed by atoms with E-state index in [2.05, 4.69) is 10.3 Å². The molecule has 0 aliphatic carbocycles. The molecule has 2 aromatic heterocycles. The molecule has 0 radical (unpaired) electrons. The number of nitrogens with zero attached hydrogens (tertiary/aromatic N) is 5. The lowest BCUT2D eigenvalue weighted by molar-refractivity contribution is -0.391. The van der Waals surface area contributed by atoms with Gasteiger partial charge >= 0.3 is 5.82 Å². The van der Waals surface area contributed by atoms with Crippen LogP contribution in [-0.4, -0.2) is 36.2 Å². The van der Waals surface area contributed by atoms with E-state index in [0.29, 0.717) is 5.69 Å². The zero-order valence-corrected chi connectivity index (χ0v) is 10.5. The lowest BCUT2D eigenvalue weighted by atomic mass is 10.2. The van der Waals surface area contributed by atoms with Gasteiger partial charge in [0.2, 0.25) is 0 Å². The van der Waals surface area contributed by atoms with E-state index in [1.54, 1.807) is 23.1 Å². The summed E-state index contributed by atoms with van der Waals surface area (Å²) >= 11 is 0. The van der Waals surface area contributed by atoms with Gasteiger partial charge in [0.05, 0.1) is 25.0 Å². The van der Waals surface area contributed by atoms with E-state index in [1.165, 1.54) is 10.6 Å². The lowest BCUT2D eigenvalue weighted by Gasteiger charge is -2.09. The molecule has 0 aromatic carbocycles. The molecule has 8 heteroatoms. The summed E-state index contributed by atoms with van der Waals surface area (Å²) in [6.07, 6.45) is 4.07. The van der Waals surface area contributed by atoms with E-state index in [-0.39, 0.29) is 25.0 Å². The Labute approximate surface area is 109 Å². The third kappa shape index (κ3) is 2.79. The molecule has 102 valence electrons.